The molecule has 1 heterocycles. The van der Waals surface area contributed by atoms with Crippen molar-refractivity contribution >= 4 is 11.8 Å². The van der Waals surface area contributed by atoms with Crippen molar-refractivity contribution in [2.75, 3.05) is 26.7 Å². The van der Waals surface area contributed by atoms with Gasteiger partial charge < -0.3 is 14.7 Å². The normalized spacial score (nSPS) is 16.5. The van der Waals surface area contributed by atoms with Crippen molar-refractivity contribution in [2.24, 2.45) is 5.92 Å². The summed E-state index contributed by atoms with van der Waals surface area (Å²) in [4.78, 5) is 25.3. The average Bonchev–Trinajstić information content (AvgIpc) is 2.52. The number of nitrogens with zero attached hydrogens (tertiary/aromatic N) is 1. The fourth-order valence-electron chi connectivity index (χ4n) is 2.86. The lowest BCUT2D eigenvalue weighted by Crippen LogP contribution is -2.37. The molecule has 22 heavy (non-hydrogen) atoms. The summed E-state index contributed by atoms with van der Waals surface area (Å²) in [6, 6.07) is 5.48. The van der Waals surface area contributed by atoms with E-state index >= 15 is 0 Å². The number of carbonyl (C=O) groups excluding carboxylic acids is 1. The lowest BCUT2D eigenvalue weighted by molar-refractivity contribution is -0.143. The highest BCUT2D eigenvalue weighted by atomic mass is 16.5. The van der Waals surface area contributed by atoms with Gasteiger partial charge in [0.15, 0.2) is 5.78 Å². The first-order chi connectivity index (χ1) is 10.5. The SMILES string of the molecule is COc1ccc(C(=O)CCN2CCC(C(=O)O)CC2)cc1C. The van der Waals surface area contributed by atoms with Crippen LogP contribution >= 0.6 is 0 Å². The van der Waals surface area contributed by atoms with E-state index in [1.807, 2.05) is 19.1 Å². The zero-order valence-electron chi connectivity index (χ0n) is 13.2. The Morgan fingerprint density at radius 2 is 2.00 bits per heavy atom. The van der Waals surface area contributed by atoms with Crippen molar-refractivity contribution in [3.05, 3.63) is 29.3 Å². The molecule has 0 radical (unpaired) electrons. The predicted octanol–water partition coefficient (Wildman–Crippen LogP) is 2.37. The number of carboxylic acids is 1. The molecule has 1 saturated heterocycles. The van der Waals surface area contributed by atoms with E-state index in [4.69, 9.17) is 9.84 Å². The van der Waals surface area contributed by atoms with Crippen LogP contribution in [0.15, 0.2) is 18.2 Å². The van der Waals surface area contributed by atoms with Gasteiger partial charge in [0.2, 0.25) is 0 Å². The van der Waals surface area contributed by atoms with E-state index in [1.54, 1.807) is 13.2 Å². The maximum Gasteiger partial charge on any atom is 0.306 e. The fourth-order valence-corrected chi connectivity index (χ4v) is 2.86. The third-order valence-corrected chi connectivity index (χ3v) is 4.31. The van der Waals surface area contributed by atoms with Crippen LogP contribution in [-0.2, 0) is 4.79 Å². The fraction of sp³-hybridized carbons (Fsp3) is 0.529. The molecule has 1 aromatic rings. The number of Topliss-reactive ketones (excluding diaryl/α,β-unsaturated/α-hetero) is 1. The van der Waals surface area contributed by atoms with E-state index in [2.05, 4.69) is 4.90 Å². The minimum absolute atomic E-state index is 0.117. The molecule has 120 valence electrons. The molecule has 0 aromatic heterocycles. The zero-order valence-corrected chi connectivity index (χ0v) is 13.2. The molecular weight excluding hydrogens is 282 g/mol. The standard InChI is InChI=1S/C17H23NO4/c1-12-11-14(3-4-16(12)22-2)15(19)7-10-18-8-5-13(6-9-18)17(20)21/h3-4,11,13H,5-10H2,1-2H3,(H,20,21). The molecule has 1 aliphatic rings. The van der Waals surface area contributed by atoms with Gasteiger partial charge >= 0.3 is 5.97 Å². The quantitative estimate of drug-likeness (QED) is 0.817. The van der Waals surface area contributed by atoms with Crippen LogP contribution in [-0.4, -0.2) is 48.5 Å². The van der Waals surface area contributed by atoms with Crippen molar-refractivity contribution in [3.8, 4) is 5.75 Å². The zero-order chi connectivity index (χ0) is 16.1. The monoisotopic (exact) mass is 305 g/mol. The maximum absolute atomic E-state index is 12.3. The van der Waals surface area contributed by atoms with Crippen molar-refractivity contribution in [1.82, 2.24) is 4.90 Å². The van der Waals surface area contributed by atoms with Gasteiger partial charge in [-0.05, 0) is 56.6 Å². The van der Waals surface area contributed by atoms with Crippen molar-refractivity contribution in [1.29, 1.82) is 0 Å². The van der Waals surface area contributed by atoms with Crippen LogP contribution in [0.5, 0.6) is 5.75 Å². The number of hydrogen-bond acceptors (Lipinski definition) is 4. The summed E-state index contributed by atoms with van der Waals surface area (Å²) in [5, 5.41) is 8.98. The highest BCUT2D eigenvalue weighted by Crippen LogP contribution is 2.20. The molecule has 0 spiro atoms. The number of benzene rings is 1. The number of likely N-dealkylation sites (tertiary alicyclic amines) is 1. The molecule has 5 heteroatoms. The van der Waals surface area contributed by atoms with E-state index in [0.29, 0.717) is 31.4 Å². The number of carbonyl (C=O) groups is 2. The average molecular weight is 305 g/mol. The Hall–Kier alpha value is -1.88. The van der Waals surface area contributed by atoms with Crippen LogP contribution < -0.4 is 4.74 Å². The number of ketones is 1. The Kier molecular flexibility index (Phi) is 5.55. The summed E-state index contributed by atoms with van der Waals surface area (Å²) in [5.41, 5.74) is 1.66. The molecule has 0 unspecified atom stereocenters. The number of carboxylic acid groups (broad SMARTS) is 1. The van der Waals surface area contributed by atoms with Gasteiger partial charge in [0.1, 0.15) is 5.75 Å². The second kappa shape index (κ2) is 7.40. The van der Waals surface area contributed by atoms with Gasteiger partial charge in [-0.1, -0.05) is 0 Å². The van der Waals surface area contributed by atoms with Gasteiger partial charge in [-0.25, -0.2) is 0 Å². The van der Waals surface area contributed by atoms with Gasteiger partial charge in [-0.15, -0.1) is 0 Å². The van der Waals surface area contributed by atoms with Gasteiger partial charge in [-0.2, -0.15) is 0 Å². The topological polar surface area (TPSA) is 66.8 Å². The Labute approximate surface area is 130 Å². The first-order valence-electron chi connectivity index (χ1n) is 7.64. The van der Waals surface area contributed by atoms with E-state index in [9.17, 15) is 9.59 Å². The summed E-state index contributed by atoms with van der Waals surface area (Å²) in [7, 11) is 1.62. The summed E-state index contributed by atoms with van der Waals surface area (Å²) in [5.74, 6) is -0.0287. The summed E-state index contributed by atoms with van der Waals surface area (Å²) >= 11 is 0. The Morgan fingerprint density at radius 1 is 1.32 bits per heavy atom. The largest absolute Gasteiger partial charge is 0.496 e. The summed E-state index contributed by atoms with van der Waals surface area (Å²) in [6.45, 7) is 4.13. The Morgan fingerprint density at radius 3 is 2.55 bits per heavy atom. The highest BCUT2D eigenvalue weighted by molar-refractivity contribution is 5.96. The van der Waals surface area contributed by atoms with Crippen molar-refractivity contribution < 1.29 is 19.4 Å². The number of rotatable bonds is 6. The second-order valence-corrected chi connectivity index (χ2v) is 5.81. The first kappa shape index (κ1) is 16.5. The van der Waals surface area contributed by atoms with Gasteiger partial charge in [0, 0.05) is 18.5 Å². The molecule has 0 aliphatic carbocycles. The Bertz CT molecular complexity index is 548. The lowest BCUT2D eigenvalue weighted by Gasteiger charge is -2.29. The van der Waals surface area contributed by atoms with Gasteiger partial charge in [0.25, 0.3) is 0 Å². The van der Waals surface area contributed by atoms with Crippen LogP contribution in [0.4, 0.5) is 0 Å². The van der Waals surface area contributed by atoms with Crippen LogP contribution in [0, 0.1) is 12.8 Å². The third kappa shape index (κ3) is 4.07. The van der Waals surface area contributed by atoms with E-state index in [-0.39, 0.29) is 11.7 Å². The number of aliphatic carboxylic acids is 1. The molecule has 0 atom stereocenters. The first-order valence-corrected chi connectivity index (χ1v) is 7.64. The van der Waals surface area contributed by atoms with E-state index < -0.39 is 5.97 Å². The number of aryl methyl sites for hydroxylation is 1. The van der Waals surface area contributed by atoms with Crippen LogP contribution in [0.3, 0.4) is 0 Å². The van der Waals surface area contributed by atoms with Gasteiger partial charge in [0.05, 0.1) is 13.0 Å². The molecule has 2 rings (SSSR count). The predicted molar refractivity (Wildman–Crippen MR) is 83.5 cm³/mol. The Balaban J connectivity index is 1.83. The minimum atomic E-state index is -0.704. The van der Waals surface area contributed by atoms with Crippen LogP contribution in [0.1, 0.15) is 35.2 Å². The number of methoxy groups -OCH3 is 1. The van der Waals surface area contributed by atoms with Crippen LogP contribution in [0.25, 0.3) is 0 Å². The molecule has 1 N–H and O–H groups in total. The third-order valence-electron chi connectivity index (χ3n) is 4.31. The number of hydrogen-bond donors (Lipinski definition) is 1. The summed E-state index contributed by atoms with van der Waals surface area (Å²) < 4.78 is 5.20. The molecule has 0 bridgehead atoms. The number of piperidine rings is 1. The molecule has 1 aromatic carbocycles. The molecule has 0 saturated carbocycles. The molecule has 1 aliphatic heterocycles. The van der Waals surface area contributed by atoms with E-state index in [1.165, 1.54) is 0 Å². The number of ether oxygens (including phenoxy) is 1. The van der Waals surface area contributed by atoms with Crippen molar-refractivity contribution in [2.45, 2.75) is 26.2 Å². The molecule has 1 fully saturated rings. The molecule has 0 amide bonds. The van der Waals surface area contributed by atoms with Crippen LogP contribution in [0.2, 0.25) is 0 Å². The summed E-state index contributed by atoms with van der Waals surface area (Å²) in [6.07, 6.45) is 1.81. The molecule has 5 nitrogen and oxygen atoms in total. The molecular formula is C17H23NO4. The highest BCUT2D eigenvalue weighted by Gasteiger charge is 2.24. The smallest absolute Gasteiger partial charge is 0.306 e. The van der Waals surface area contributed by atoms with Gasteiger partial charge in [-0.3, -0.25) is 9.59 Å². The second-order valence-electron chi connectivity index (χ2n) is 5.81. The maximum atomic E-state index is 12.3. The van der Waals surface area contributed by atoms with Crippen molar-refractivity contribution in [3.63, 3.8) is 0 Å². The minimum Gasteiger partial charge on any atom is -0.496 e. The van der Waals surface area contributed by atoms with E-state index in [0.717, 1.165) is 24.4 Å². The lowest BCUT2D eigenvalue weighted by atomic mass is 9.96.